The van der Waals surface area contributed by atoms with Gasteiger partial charge in [0.05, 0.1) is 5.69 Å². The fraction of sp³-hybridized carbons (Fsp3) is 0.150. The number of hydrogen-bond acceptors (Lipinski definition) is 1. The van der Waals surface area contributed by atoms with E-state index < -0.39 is 0 Å². The van der Waals surface area contributed by atoms with Crippen molar-refractivity contribution in [2.24, 2.45) is 0 Å². The van der Waals surface area contributed by atoms with Crippen LogP contribution < -0.4 is 0 Å². The number of aromatic nitrogens is 1. The Morgan fingerprint density at radius 3 is 2.29 bits per heavy atom. The molecule has 0 bridgehead atoms. The number of nitrogens with zero attached hydrogens (tertiary/aromatic N) is 1. The van der Waals surface area contributed by atoms with Crippen LogP contribution in [0.5, 0.6) is 0 Å². The first-order valence-electron chi connectivity index (χ1n) is 7.34. The summed E-state index contributed by atoms with van der Waals surface area (Å²) in [5, 5.41) is 0. The maximum absolute atomic E-state index is 4.70. The Bertz CT molecular complexity index is 816. The first kappa shape index (κ1) is 12.3. The van der Waals surface area contributed by atoms with Crippen LogP contribution in [0, 0.1) is 0 Å². The lowest BCUT2D eigenvalue weighted by atomic mass is 9.80. The summed E-state index contributed by atoms with van der Waals surface area (Å²) in [5.74, 6) is 0. The van der Waals surface area contributed by atoms with Crippen molar-refractivity contribution in [2.75, 3.05) is 0 Å². The SMILES string of the molecule is CC1(C)c2ccccc2-c2ccnc(-c3ccccc3)c21. The molecule has 0 spiro atoms. The van der Waals surface area contributed by atoms with Gasteiger partial charge in [0.1, 0.15) is 0 Å². The van der Waals surface area contributed by atoms with Crippen LogP contribution in [-0.2, 0) is 5.41 Å². The van der Waals surface area contributed by atoms with Crippen molar-refractivity contribution in [3.8, 4) is 22.4 Å². The lowest BCUT2D eigenvalue weighted by Crippen LogP contribution is -2.16. The predicted molar refractivity (Wildman–Crippen MR) is 87.2 cm³/mol. The van der Waals surface area contributed by atoms with Crippen molar-refractivity contribution < 1.29 is 0 Å². The number of benzene rings is 2. The molecule has 21 heavy (non-hydrogen) atoms. The lowest BCUT2D eigenvalue weighted by molar-refractivity contribution is 0.659. The van der Waals surface area contributed by atoms with Gasteiger partial charge in [-0.2, -0.15) is 0 Å². The van der Waals surface area contributed by atoms with Crippen LogP contribution in [0.25, 0.3) is 22.4 Å². The highest BCUT2D eigenvalue weighted by molar-refractivity contribution is 5.86. The van der Waals surface area contributed by atoms with Gasteiger partial charge in [0.15, 0.2) is 0 Å². The van der Waals surface area contributed by atoms with E-state index in [0.29, 0.717) is 0 Å². The van der Waals surface area contributed by atoms with E-state index in [1.807, 2.05) is 12.3 Å². The van der Waals surface area contributed by atoms with Gasteiger partial charge in [-0.05, 0) is 28.3 Å². The average molecular weight is 271 g/mol. The summed E-state index contributed by atoms with van der Waals surface area (Å²) in [6, 6.07) is 21.3. The van der Waals surface area contributed by atoms with Crippen LogP contribution in [-0.4, -0.2) is 4.98 Å². The third-order valence-electron chi connectivity index (χ3n) is 4.51. The first-order valence-corrected chi connectivity index (χ1v) is 7.34. The van der Waals surface area contributed by atoms with Crippen LogP contribution in [0.2, 0.25) is 0 Å². The summed E-state index contributed by atoms with van der Waals surface area (Å²) in [6.45, 7) is 4.59. The molecule has 1 aliphatic rings. The van der Waals surface area contributed by atoms with E-state index in [-0.39, 0.29) is 5.41 Å². The summed E-state index contributed by atoms with van der Waals surface area (Å²) >= 11 is 0. The van der Waals surface area contributed by atoms with Crippen molar-refractivity contribution in [3.63, 3.8) is 0 Å². The summed E-state index contributed by atoms with van der Waals surface area (Å²) in [7, 11) is 0. The quantitative estimate of drug-likeness (QED) is 0.603. The minimum Gasteiger partial charge on any atom is -0.256 e. The topological polar surface area (TPSA) is 12.9 Å². The summed E-state index contributed by atoms with van der Waals surface area (Å²) in [6.07, 6.45) is 1.93. The predicted octanol–water partition coefficient (Wildman–Crippen LogP) is 5.05. The highest BCUT2D eigenvalue weighted by atomic mass is 14.7. The lowest BCUT2D eigenvalue weighted by Gasteiger charge is -2.23. The monoisotopic (exact) mass is 271 g/mol. The van der Waals surface area contributed by atoms with E-state index >= 15 is 0 Å². The number of rotatable bonds is 1. The van der Waals surface area contributed by atoms with Crippen LogP contribution in [0.1, 0.15) is 25.0 Å². The zero-order valence-electron chi connectivity index (χ0n) is 12.3. The molecule has 1 aliphatic carbocycles. The highest BCUT2D eigenvalue weighted by Gasteiger charge is 2.37. The van der Waals surface area contributed by atoms with Gasteiger partial charge in [0, 0.05) is 17.2 Å². The van der Waals surface area contributed by atoms with Crippen molar-refractivity contribution in [1.29, 1.82) is 0 Å². The molecule has 0 amide bonds. The molecule has 1 nitrogen and oxygen atoms in total. The Morgan fingerprint density at radius 2 is 1.48 bits per heavy atom. The Hall–Kier alpha value is -2.41. The number of fused-ring (bicyclic) bond motifs is 3. The molecule has 0 fully saturated rings. The third-order valence-corrected chi connectivity index (χ3v) is 4.51. The van der Waals surface area contributed by atoms with E-state index in [9.17, 15) is 0 Å². The molecule has 0 atom stereocenters. The zero-order valence-corrected chi connectivity index (χ0v) is 12.3. The second kappa shape index (κ2) is 4.29. The summed E-state index contributed by atoms with van der Waals surface area (Å²) in [4.78, 5) is 4.70. The Labute approximate surface area is 125 Å². The van der Waals surface area contributed by atoms with Crippen molar-refractivity contribution in [1.82, 2.24) is 4.98 Å². The maximum atomic E-state index is 4.70. The Morgan fingerprint density at radius 1 is 0.762 bits per heavy atom. The second-order valence-electron chi connectivity index (χ2n) is 6.12. The largest absolute Gasteiger partial charge is 0.256 e. The number of hydrogen-bond donors (Lipinski definition) is 0. The van der Waals surface area contributed by atoms with Crippen LogP contribution in [0.15, 0.2) is 66.9 Å². The van der Waals surface area contributed by atoms with E-state index in [0.717, 1.165) is 5.69 Å². The minimum absolute atomic E-state index is 0.00857. The minimum atomic E-state index is -0.00857. The average Bonchev–Trinajstić information content (AvgIpc) is 2.77. The second-order valence-corrected chi connectivity index (χ2v) is 6.12. The molecule has 1 heteroatoms. The third kappa shape index (κ3) is 1.67. The molecule has 0 saturated heterocycles. The molecular formula is C20H17N. The van der Waals surface area contributed by atoms with Gasteiger partial charge in [0.25, 0.3) is 0 Å². The van der Waals surface area contributed by atoms with E-state index in [2.05, 4.69) is 68.4 Å². The van der Waals surface area contributed by atoms with Crippen LogP contribution in [0.4, 0.5) is 0 Å². The molecule has 2 aromatic carbocycles. The Balaban J connectivity index is 2.06. The number of pyridine rings is 1. The van der Waals surface area contributed by atoms with Gasteiger partial charge in [-0.25, -0.2) is 0 Å². The van der Waals surface area contributed by atoms with Crippen molar-refractivity contribution in [3.05, 3.63) is 78.0 Å². The molecule has 0 unspecified atom stereocenters. The molecule has 1 aromatic heterocycles. The van der Waals surface area contributed by atoms with Gasteiger partial charge in [-0.3, -0.25) is 4.98 Å². The van der Waals surface area contributed by atoms with E-state index in [1.165, 1.54) is 27.8 Å². The molecule has 0 radical (unpaired) electrons. The van der Waals surface area contributed by atoms with Crippen LogP contribution >= 0.6 is 0 Å². The van der Waals surface area contributed by atoms with E-state index in [4.69, 9.17) is 4.98 Å². The zero-order chi connectivity index (χ0) is 14.4. The fourth-order valence-electron chi connectivity index (χ4n) is 3.53. The van der Waals surface area contributed by atoms with Gasteiger partial charge >= 0.3 is 0 Å². The molecule has 4 rings (SSSR count). The summed E-state index contributed by atoms with van der Waals surface area (Å²) < 4.78 is 0. The molecule has 102 valence electrons. The molecule has 0 saturated carbocycles. The highest BCUT2D eigenvalue weighted by Crippen LogP contribution is 2.51. The molecule has 0 N–H and O–H groups in total. The Kier molecular flexibility index (Phi) is 2.52. The maximum Gasteiger partial charge on any atom is 0.0748 e. The standard InChI is InChI=1S/C20H17N/c1-20(2)17-11-7-6-10-15(17)16-12-13-21-19(18(16)20)14-8-4-3-5-9-14/h3-13H,1-2H3. The van der Waals surface area contributed by atoms with Crippen molar-refractivity contribution in [2.45, 2.75) is 19.3 Å². The fourth-order valence-corrected chi connectivity index (χ4v) is 3.53. The molecule has 1 heterocycles. The molecule has 3 aromatic rings. The van der Waals surface area contributed by atoms with Gasteiger partial charge in [-0.1, -0.05) is 68.4 Å². The van der Waals surface area contributed by atoms with E-state index in [1.54, 1.807) is 0 Å². The van der Waals surface area contributed by atoms with Crippen LogP contribution in [0.3, 0.4) is 0 Å². The first-order chi connectivity index (χ1) is 10.2. The smallest absolute Gasteiger partial charge is 0.0748 e. The van der Waals surface area contributed by atoms with Crippen molar-refractivity contribution >= 4 is 0 Å². The normalized spacial score (nSPS) is 14.6. The van der Waals surface area contributed by atoms with Gasteiger partial charge in [-0.15, -0.1) is 0 Å². The summed E-state index contributed by atoms with van der Waals surface area (Å²) in [5.41, 5.74) is 7.69. The molecular weight excluding hydrogens is 254 g/mol. The molecule has 0 aliphatic heterocycles. The van der Waals surface area contributed by atoms with Gasteiger partial charge < -0.3 is 0 Å². The van der Waals surface area contributed by atoms with Gasteiger partial charge in [0.2, 0.25) is 0 Å².